The van der Waals surface area contributed by atoms with Crippen molar-refractivity contribution in [3.05, 3.63) is 70.8 Å². The molecule has 2 aromatic rings. The summed E-state index contributed by atoms with van der Waals surface area (Å²) in [4.78, 5) is 27.9. The standard InChI is InChI=1S/C19H16N2O3/c20-18-11-15(19(23)24)9-13-6-7-14(10-16(13)21-18)17(22)8-12-4-2-1-3-5-12/h1-7,9-10H,8,11H2,(H2,20,21)(H,23,24). The summed E-state index contributed by atoms with van der Waals surface area (Å²) in [5.74, 6) is -0.829. The highest BCUT2D eigenvalue weighted by molar-refractivity contribution is 6.03. The van der Waals surface area contributed by atoms with E-state index in [1.165, 1.54) is 0 Å². The second-order valence-electron chi connectivity index (χ2n) is 5.61. The Morgan fingerprint density at radius 2 is 1.88 bits per heavy atom. The van der Waals surface area contributed by atoms with Gasteiger partial charge in [0.25, 0.3) is 0 Å². The van der Waals surface area contributed by atoms with E-state index in [2.05, 4.69) is 4.99 Å². The average molecular weight is 320 g/mol. The van der Waals surface area contributed by atoms with Crippen molar-refractivity contribution in [2.24, 2.45) is 10.7 Å². The molecule has 24 heavy (non-hydrogen) atoms. The molecule has 0 spiro atoms. The first-order valence-corrected chi connectivity index (χ1v) is 7.51. The SMILES string of the molecule is NC1=Nc2cc(C(=O)Cc3ccccc3)ccc2C=C(C(=O)O)C1. The molecule has 0 aromatic heterocycles. The van der Waals surface area contributed by atoms with Crippen LogP contribution in [-0.2, 0) is 11.2 Å². The number of aliphatic imine (C=N–C) groups is 1. The highest BCUT2D eigenvalue weighted by atomic mass is 16.4. The predicted molar refractivity (Wildman–Crippen MR) is 92.4 cm³/mol. The van der Waals surface area contributed by atoms with Crippen molar-refractivity contribution in [1.29, 1.82) is 0 Å². The van der Waals surface area contributed by atoms with Crippen LogP contribution >= 0.6 is 0 Å². The van der Waals surface area contributed by atoms with E-state index in [0.717, 1.165) is 5.56 Å². The number of nitrogens with zero attached hydrogens (tertiary/aromatic N) is 1. The first-order chi connectivity index (χ1) is 11.5. The van der Waals surface area contributed by atoms with Crippen LogP contribution in [0.1, 0.15) is 27.9 Å². The van der Waals surface area contributed by atoms with Crippen molar-refractivity contribution in [3.8, 4) is 0 Å². The number of carboxylic acids is 1. The fourth-order valence-electron chi connectivity index (χ4n) is 2.58. The molecule has 1 aliphatic rings. The lowest BCUT2D eigenvalue weighted by Crippen LogP contribution is -2.14. The third kappa shape index (κ3) is 3.41. The van der Waals surface area contributed by atoms with Gasteiger partial charge < -0.3 is 10.8 Å². The molecule has 3 N–H and O–H groups in total. The van der Waals surface area contributed by atoms with Crippen LogP contribution in [0, 0.1) is 0 Å². The van der Waals surface area contributed by atoms with Gasteiger partial charge in [-0.15, -0.1) is 0 Å². The lowest BCUT2D eigenvalue weighted by atomic mass is 10.00. The van der Waals surface area contributed by atoms with Gasteiger partial charge in [-0.25, -0.2) is 9.79 Å². The molecular formula is C19H16N2O3. The molecule has 2 aromatic carbocycles. The lowest BCUT2D eigenvalue weighted by molar-refractivity contribution is -0.132. The van der Waals surface area contributed by atoms with Crippen LogP contribution < -0.4 is 5.73 Å². The van der Waals surface area contributed by atoms with Crippen molar-refractivity contribution in [2.75, 3.05) is 0 Å². The second kappa shape index (κ2) is 6.50. The Kier molecular flexibility index (Phi) is 4.24. The first kappa shape index (κ1) is 15.7. The van der Waals surface area contributed by atoms with Crippen LogP contribution in [-0.4, -0.2) is 22.7 Å². The number of aliphatic carboxylic acids is 1. The summed E-state index contributed by atoms with van der Waals surface area (Å²) < 4.78 is 0. The molecular weight excluding hydrogens is 304 g/mol. The number of hydrogen-bond acceptors (Lipinski definition) is 4. The number of fused-ring (bicyclic) bond motifs is 1. The average Bonchev–Trinajstić information content (AvgIpc) is 2.73. The van der Waals surface area contributed by atoms with Crippen LogP contribution in [0.5, 0.6) is 0 Å². The highest BCUT2D eigenvalue weighted by Crippen LogP contribution is 2.28. The van der Waals surface area contributed by atoms with E-state index >= 15 is 0 Å². The summed E-state index contributed by atoms with van der Waals surface area (Å²) in [6.07, 6.45) is 1.93. The maximum Gasteiger partial charge on any atom is 0.332 e. The zero-order valence-corrected chi connectivity index (χ0v) is 12.9. The number of amidine groups is 1. The van der Waals surface area contributed by atoms with Crippen molar-refractivity contribution in [3.63, 3.8) is 0 Å². The van der Waals surface area contributed by atoms with Gasteiger partial charge in [-0.1, -0.05) is 42.5 Å². The van der Waals surface area contributed by atoms with Crippen LogP contribution in [0.4, 0.5) is 5.69 Å². The molecule has 0 radical (unpaired) electrons. The van der Waals surface area contributed by atoms with Gasteiger partial charge in [0, 0.05) is 29.5 Å². The van der Waals surface area contributed by atoms with E-state index in [4.69, 9.17) is 5.73 Å². The largest absolute Gasteiger partial charge is 0.478 e. The van der Waals surface area contributed by atoms with Gasteiger partial charge in [0.1, 0.15) is 5.84 Å². The minimum Gasteiger partial charge on any atom is -0.478 e. The number of ketones is 1. The number of nitrogens with two attached hydrogens (primary N) is 1. The fourth-order valence-corrected chi connectivity index (χ4v) is 2.58. The van der Waals surface area contributed by atoms with Crippen LogP contribution in [0.3, 0.4) is 0 Å². The molecule has 0 fully saturated rings. The number of carbonyl (C=O) groups is 2. The third-order valence-corrected chi connectivity index (χ3v) is 3.80. The van der Waals surface area contributed by atoms with Crippen LogP contribution in [0.25, 0.3) is 6.08 Å². The Labute approximate surface area is 139 Å². The topological polar surface area (TPSA) is 92.8 Å². The van der Waals surface area contributed by atoms with E-state index in [1.807, 2.05) is 30.3 Å². The van der Waals surface area contributed by atoms with Gasteiger partial charge in [-0.2, -0.15) is 0 Å². The quantitative estimate of drug-likeness (QED) is 0.847. The van der Waals surface area contributed by atoms with E-state index in [9.17, 15) is 14.7 Å². The van der Waals surface area contributed by atoms with Gasteiger partial charge in [0.05, 0.1) is 5.69 Å². The minimum atomic E-state index is -1.02. The maximum absolute atomic E-state index is 12.5. The summed E-state index contributed by atoms with van der Waals surface area (Å²) in [5, 5.41) is 9.18. The molecule has 0 saturated carbocycles. The van der Waals surface area contributed by atoms with E-state index in [0.29, 0.717) is 23.2 Å². The highest BCUT2D eigenvalue weighted by Gasteiger charge is 2.16. The molecule has 1 aliphatic heterocycles. The lowest BCUT2D eigenvalue weighted by Gasteiger charge is -2.05. The summed E-state index contributed by atoms with van der Waals surface area (Å²) in [5.41, 5.74) is 8.59. The summed E-state index contributed by atoms with van der Waals surface area (Å²) in [7, 11) is 0. The smallest absolute Gasteiger partial charge is 0.332 e. The number of benzene rings is 2. The Balaban J connectivity index is 1.93. The van der Waals surface area contributed by atoms with E-state index < -0.39 is 5.97 Å². The molecule has 0 amide bonds. The Morgan fingerprint density at radius 3 is 2.58 bits per heavy atom. The second-order valence-corrected chi connectivity index (χ2v) is 5.61. The Hall–Kier alpha value is -3.21. The molecule has 1 heterocycles. The molecule has 5 nitrogen and oxygen atoms in total. The molecule has 0 unspecified atom stereocenters. The number of rotatable bonds is 4. The molecule has 3 rings (SSSR count). The Bertz CT molecular complexity index is 867. The van der Waals surface area contributed by atoms with E-state index in [-0.39, 0.29) is 23.6 Å². The van der Waals surface area contributed by atoms with Gasteiger partial charge >= 0.3 is 5.97 Å². The van der Waals surface area contributed by atoms with Gasteiger partial charge in [-0.3, -0.25) is 4.79 Å². The maximum atomic E-state index is 12.5. The van der Waals surface area contributed by atoms with Crippen molar-refractivity contribution >= 4 is 29.4 Å². The molecule has 5 heteroatoms. The Morgan fingerprint density at radius 1 is 1.12 bits per heavy atom. The predicted octanol–water partition coefficient (Wildman–Crippen LogP) is 2.97. The summed E-state index contributed by atoms with van der Waals surface area (Å²) in [6.45, 7) is 0. The zero-order chi connectivity index (χ0) is 17.1. The van der Waals surface area contributed by atoms with Gasteiger partial charge in [-0.05, 0) is 17.7 Å². The van der Waals surface area contributed by atoms with Gasteiger partial charge in [0.15, 0.2) is 5.78 Å². The number of Topliss-reactive ketones (excluding diaryl/α,β-unsaturated/α-hetero) is 1. The molecule has 0 atom stereocenters. The van der Waals surface area contributed by atoms with Gasteiger partial charge in [0.2, 0.25) is 0 Å². The monoisotopic (exact) mass is 320 g/mol. The minimum absolute atomic E-state index is 0.0237. The van der Waals surface area contributed by atoms with Crippen molar-refractivity contribution in [1.82, 2.24) is 0 Å². The zero-order valence-electron chi connectivity index (χ0n) is 12.9. The third-order valence-electron chi connectivity index (χ3n) is 3.80. The normalized spacial score (nSPS) is 13.3. The van der Waals surface area contributed by atoms with Crippen molar-refractivity contribution in [2.45, 2.75) is 12.8 Å². The molecule has 0 aliphatic carbocycles. The molecule has 0 bridgehead atoms. The number of hydrogen-bond donors (Lipinski definition) is 2. The number of carboxylic acid groups (broad SMARTS) is 1. The van der Waals surface area contributed by atoms with Crippen molar-refractivity contribution < 1.29 is 14.7 Å². The number of carbonyl (C=O) groups excluding carboxylic acids is 1. The summed E-state index contributed by atoms with van der Waals surface area (Å²) in [6, 6.07) is 14.6. The van der Waals surface area contributed by atoms with Crippen LogP contribution in [0.15, 0.2) is 59.1 Å². The van der Waals surface area contributed by atoms with Crippen LogP contribution in [0.2, 0.25) is 0 Å². The molecule has 120 valence electrons. The summed E-state index contributed by atoms with van der Waals surface area (Å²) >= 11 is 0. The first-order valence-electron chi connectivity index (χ1n) is 7.51. The van der Waals surface area contributed by atoms with E-state index in [1.54, 1.807) is 24.3 Å². The fraction of sp³-hybridized carbons (Fsp3) is 0.105. The molecule has 0 saturated heterocycles.